The highest BCUT2D eigenvalue weighted by molar-refractivity contribution is 14.1. The minimum Gasteiger partial charge on any atom is -0.456 e. The van der Waals surface area contributed by atoms with Crippen LogP contribution >= 0.6 is 22.6 Å². The van der Waals surface area contributed by atoms with Crippen LogP contribution < -0.4 is 0 Å². The third kappa shape index (κ3) is 1.38. The predicted molar refractivity (Wildman–Crippen MR) is 83.9 cm³/mol. The number of hydrogen-bond donors (Lipinski definition) is 0. The van der Waals surface area contributed by atoms with Crippen LogP contribution in [0.3, 0.4) is 0 Å². The molecule has 1 nitrogen and oxygen atoms in total. The standard InChI is InChI=1S/C16H9IO/c17-13-6-3-7-14-16(13)12-8-10-4-1-2-5-11(10)9-15(12)18-14/h1-9H. The van der Waals surface area contributed by atoms with Crippen molar-refractivity contribution in [3.8, 4) is 0 Å². The zero-order valence-corrected chi connectivity index (χ0v) is 11.6. The van der Waals surface area contributed by atoms with Gasteiger partial charge in [0.25, 0.3) is 0 Å². The Labute approximate surface area is 118 Å². The molecule has 0 radical (unpaired) electrons. The summed E-state index contributed by atoms with van der Waals surface area (Å²) in [4.78, 5) is 0. The molecule has 2 heteroatoms. The highest BCUT2D eigenvalue weighted by atomic mass is 127. The Kier molecular flexibility index (Phi) is 2.14. The number of fused-ring (bicyclic) bond motifs is 4. The van der Waals surface area contributed by atoms with Gasteiger partial charge in [0.05, 0.1) is 0 Å². The summed E-state index contributed by atoms with van der Waals surface area (Å²) in [5, 5.41) is 4.90. The van der Waals surface area contributed by atoms with Gasteiger partial charge in [0.1, 0.15) is 11.2 Å². The first-order chi connectivity index (χ1) is 8.83. The molecule has 0 aliphatic rings. The summed E-state index contributed by atoms with van der Waals surface area (Å²) in [6.07, 6.45) is 0. The first-order valence-electron chi connectivity index (χ1n) is 5.82. The van der Waals surface area contributed by atoms with Gasteiger partial charge < -0.3 is 4.42 Å². The van der Waals surface area contributed by atoms with Crippen LogP contribution in [0.5, 0.6) is 0 Å². The summed E-state index contributed by atoms with van der Waals surface area (Å²) in [7, 11) is 0. The van der Waals surface area contributed by atoms with E-state index in [0.29, 0.717) is 0 Å². The molecule has 0 spiro atoms. The third-order valence-electron chi connectivity index (χ3n) is 3.31. The minimum absolute atomic E-state index is 0.965. The van der Waals surface area contributed by atoms with Crippen molar-refractivity contribution in [2.75, 3.05) is 0 Å². The van der Waals surface area contributed by atoms with Crippen molar-refractivity contribution < 1.29 is 4.42 Å². The van der Waals surface area contributed by atoms with E-state index in [1.807, 2.05) is 12.1 Å². The Bertz CT molecular complexity index is 889. The average Bonchev–Trinajstić information content (AvgIpc) is 2.74. The van der Waals surface area contributed by atoms with Gasteiger partial charge in [0, 0.05) is 14.3 Å². The van der Waals surface area contributed by atoms with E-state index in [1.54, 1.807) is 0 Å². The number of rotatable bonds is 0. The number of hydrogen-bond acceptors (Lipinski definition) is 1. The minimum atomic E-state index is 0.965. The van der Waals surface area contributed by atoms with E-state index in [9.17, 15) is 0 Å². The summed E-state index contributed by atoms with van der Waals surface area (Å²) in [5.41, 5.74) is 1.93. The lowest BCUT2D eigenvalue weighted by Crippen LogP contribution is -1.74. The Morgan fingerprint density at radius 1 is 0.778 bits per heavy atom. The number of furan rings is 1. The van der Waals surface area contributed by atoms with E-state index >= 15 is 0 Å². The van der Waals surface area contributed by atoms with Crippen molar-refractivity contribution in [3.63, 3.8) is 0 Å². The third-order valence-corrected chi connectivity index (χ3v) is 4.21. The largest absolute Gasteiger partial charge is 0.456 e. The Hall–Kier alpha value is -1.55. The second-order valence-electron chi connectivity index (χ2n) is 4.41. The molecule has 3 aromatic carbocycles. The lowest BCUT2D eigenvalue weighted by molar-refractivity contribution is 0.669. The summed E-state index contributed by atoms with van der Waals surface area (Å²) >= 11 is 2.37. The zero-order valence-electron chi connectivity index (χ0n) is 9.48. The molecule has 0 saturated carbocycles. The molecule has 0 aliphatic heterocycles. The van der Waals surface area contributed by atoms with E-state index in [2.05, 4.69) is 65.1 Å². The van der Waals surface area contributed by atoms with Crippen LogP contribution in [-0.4, -0.2) is 0 Å². The molecule has 0 N–H and O–H groups in total. The highest BCUT2D eigenvalue weighted by Gasteiger charge is 2.10. The SMILES string of the molecule is Ic1cccc2oc3cc4ccccc4cc3c12. The maximum Gasteiger partial charge on any atom is 0.136 e. The van der Waals surface area contributed by atoms with E-state index in [0.717, 1.165) is 11.2 Å². The molecule has 0 fully saturated rings. The molecular formula is C16H9IO. The highest BCUT2D eigenvalue weighted by Crippen LogP contribution is 2.34. The van der Waals surface area contributed by atoms with Crippen LogP contribution in [-0.2, 0) is 0 Å². The van der Waals surface area contributed by atoms with Gasteiger partial charge in [0.15, 0.2) is 0 Å². The van der Waals surface area contributed by atoms with Gasteiger partial charge in [-0.3, -0.25) is 0 Å². The number of halogens is 1. The van der Waals surface area contributed by atoms with E-state index in [1.165, 1.54) is 25.1 Å². The van der Waals surface area contributed by atoms with Crippen LogP contribution in [0.15, 0.2) is 59.0 Å². The lowest BCUT2D eigenvalue weighted by Gasteiger charge is -1.97. The summed E-state index contributed by atoms with van der Waals surface area (Å²) < 4.78 is 7.17. The molecule has 4 rings (SSSR count). The maximum absolute atomic E-state index is 5.94. The Morgan fingerprint density at radius 2 is 1.56 bits per heavy atom. The molecule has 0 unspecified atom stereocenters. The van der Waals surface area contributed by atoms with Gasteiger partial charge in [0.2, 0.25) is 0 Å². The van der Waals surface area contributed by atoms with Crippen molar-refractivity contribution in [2.24, 2.45) is 0 Å². The zero-order chi connectivity index (χ0) is 12.1. The van der Waals surface area contributed by atoms with Gasteiger partial charge >= 0.3 is 0 Å². The molecule has 0 atom stereocenters. The Balaban J connectivity index is 2.29. The first kappa shape index (κ1) is 10.4. The van der Waals surface area contributed by atoms with Gasteiger partial charge in [-0.2, -0.15) is 0 Å². The average molecular weight is 344 g/mol. The van der Waals surface area contributed by atoms with E-state index in [4.69, 9.17) is 4.42 Å². The van der Waals surface area contributed by atoms with Gasteiger partial charge in [-0.15, -0.1) is 0 Å². The summed E-state index contributed by atoms with van der Waals surface area (Å²) in [6.45, 7) is 0. The van der Waals surface area contributed by atoms with E-state index in [-0.39, 0.29) is 0 Å². The van der Waals surface area contributed by atoms with Crippen molar-refractivity contribution in [3.05, 3.63) is 58.2 Å². The molecule has 0 saturated heterocycles. The Morgan fingerprint density at radius 3 is 2.39 bits per heavy atom. The fraction of sp³-hybridized carbons (Fsp3) is 0. The normalized spacial score (nSPS) is 11.6. The lowest BCUT2D eigenvalue weighted by atomic mass is 10.1. The topological polar surface area (TPSA) is 13.1 Å². The van der Waals surface area contributed by atoms with Crippen molar-refractivity contribution in [1.29, 1.82) is 0 Å². The van der Waals surface area contributed by atoms with Gasteiger partial charge in [-0.1, -0.05) is 30.3 Å². The number of benzene rings is 3. The van der Waals surface area contributed by atoms with Gasteiger partial charge in [-0.25, -0.2) is 0 Å². The summed E-state index contributed by atoms with van der Waals surface area (Å²) in [5.74, 6) is 0. The fourth-order valence-electron chi connectivity index (χ4n) is 2.47. The molecule has 4 aromatic rings. The molecule has 18 heavy (non-hydrogen) atoms. The molecule has 1 heterocycles. The van der Waals surface area contributed by atoms with Crippen LogP contribution in [0.2, 0.25) is 0 Å². The van der Waals surface area contributed by atoms with Crippen LogP contribution in [0, 0.1) is 3.57 Å². The van der Waals surface area contributed by atoms with Crippen LogP contribution in [0.4, 0.5) is 0 Å². The molecular weight excluding hydrogens is 335 g/mol. The molecule has 0 amide bonds. The summed E-state index contributed by atoms with van der Waals surface area (Å²) in [6, 6.07) is 18.9. The second kappa shape index (κ2) is 3.72. The molecule has 86 valence electrons. The second-order valence-corrected chi connectivity index (χ2v) is 5.57. The maximum atomic E-state index is 5.94. The molecule has 0 aliphatic carbocycles. The first-order valence-corrected chi connectivity index (χ1v) is 6.90. The van der Waals surface area contributed by atoms with Crippen molar-refractivity contribution in [1.82, 2.24) is 0 Å². The quantitative estimate of drug-likeness (QED) is 0.392. The van der Waals surface area contributed by atoms with Crippen LogP contribution in [0.25, 0.3) is 32.7 Å². The van der Waals surface area contributed by atoms with Crippen LogP contribution in [0.1, 0.15) is 0 Å². The predicted octanol–water partition coefficient (Wildman–Crippen LogP) is 5.34. The monoisotopic (exact) mass is 344 g/mol. The fourth-order valence-corrected chi connectivity index (χ4v) is 3.23. The van der Waals surface area contributed by atoms with Crippen molar-refractivity contribution >= 4 is 55.3 Å². The van der Waals surface area contributed by atoms with E-state index < -0.39 is 0 Å². The molecule has 1 aromatic heterocycles. The molecule has 0 bridgehead atoms. The smallest absolute Gasteiger partial charge is 0.136 e. The van der Waals surface area contributed by atoms with Gasteiger partial charge in [-0.05, 0) is 57.6 Å². The van der Waals surface area contributed by atoms with Crippen molar-refractivity contribution in [2.45, 2.75) is 0 Å².